The van der Waals surface area contributed by atoms with E-state index in [4.69, 9.17) is 4.74 Å². The minimum Gasteiger partial charge on any atom is -0.381 e. The first-order valence-corrected chi connectivity index (χ1v) is 5.76. The molecule has 0 spiro atoms. The molecule has 1 aliphatic rings. The molecule has 1 aliphatic heterocycles. The van der Waals surface area contributed by atoms with Crippen molar-refractivity contribution >= 4 is 11.3 Å². The fourth-order valence-corrected chi connectivity index (χ4v) is 2.79. The monoisotopic (exact) mass is 196 g/mol. The summed E-state index contributed by atoms with van der Waals surface area (Å²) in [5.74, 6) is 1.35. The summed E-state index contributed by atoms with van der Waals surface area (Å²) in [7, 11) is 0. The molecule has 1 unspecified atom stereocenters. The molecule has 0 amide bonds. The van der Waals surface area contributed by atoms with E-state index in [9.17, 15) is 0 Å². The van der Waals surface area contributed by atoms with Gasteiger partial charge in [-0.1, -0.05) is 13.8 Å². The molecule has 1 saturated heterocycles. The summed E-state index contributed by atoms with van der Waals surface area (Å²) in [6, 6.07) is 4.54. The topological polar surface area (TPSA) is 9.23 Å². The molecule has 0 saturated carbocycles. The van der Waals surface area contributed by atoms with Crippen molar-refractivity contribution in [3.8, 4) is 0 Å². The lowest BCUT2D eigenvalue weighted by molar-refractivity contribution is 0.194. The van der Waals surface area contributed by atoms with Gasteiger partial charge < -0.3 is 4.74 Å². The summed E-state index contributed by atoms with van der Waals surface area (Å²) in [6.07, 6.45) is 1.21. The molecule has 13 heavy (non-hydrogen) atoms. The van der Waals surface area contributed by atoms with E-state index in [0.717, 1.165) is 13.2 Å². The van der Waals surface area contributed by atoms with E-state index in [0.29, 0.717) is 11.8 Å². The van der Waals surface area contributed by atoms with Crippen molar-refractivity contribution in [2.45, 2.75) is 32.1 Å². The maximum Gasteiger partial charge on any atom is 0.0543 e. The number of hydrogen-bond acceptors (Lipinski definition) is 2. The Morgan fingerprint density at radius 3 is 2.85 bits per heavy atom. The predicted octanol–water partition coefficient (Wildman–Crippen LogP) is 3.38. The van der Waals surface area contributed by atoms with Gasteiger partial charge >= 0.3 is 0 Å². The zero-order valence-corrected chi connectivity index (χ0v) is 9.06. The zero-order chi connectivity index (χ0) is 9.26. The Labute approximate surface area is 83.7 Å². The van der Waals surface area contributed by atoms with Gasteiger partial charge in [0.2, 0.25) is 0 Å². The van der Waals surface area contributed by atoms with Crippen molar-refractivity contribution in [2.75, 3.05) is 13.2 Å². The molecular formula is C11H16OS. The van der Waals surface area contributed by atoms with E-state index in [1.54, 1.807) is 0 Å². The van der Waals surface area contributed by atoms with Crippen LogP contribution in [0.3, 0.4) is 0 Å². The van der Waals surface area contributed by atoms with Crippen molar-refractivity contribution in [2.24, 2.45) is 0 Å². The standard InChI is InChI=1S/C11H16OS/c1-8(2)10-3-4-11(13-10)9-5-6-12-7-9/h3-4,8-9H,5-7H2,1-2H3. The van der Waals surface area contributed by atoms with Crippen molar-refractivity contribution in [3.63, 3.8) is 0 Å². The fourth-order valence-electron chi connectivity index (χ4n) is 1.66. The van der Waals surface area contributed by atoms with E-state index in [1.165, 1.54) is 16.2 Å². The number of thiophene rings is 1. The van der Waals surface area contributed by atoms with Crippen LogP contribution in [-0.4, -0.2) is 13.2 Å². The molecule has 0 aromatic carbocycles. The third kappa shape index (κ3) is 1.94. The summed E-state index contributed by atoms with van der Waals surface area (Å²) in [4.78, 5) is 3.02. The maximum absolute atomic E-state index is 5.39. The summed E-state index contributed by atoms with van der Waals surface area (Å²) in [5, 5.41) is 0. The van der Waals surface area contributed by atoms with Gasteiger partial charge in [0, 0.05) is 22.3 Å². The molecule has 2 heteroatoms. The van der Waals surface area contributed by atoms with Gasteiger partial charge in [-0.3, -0.25) is 0 Å². The third-order valence-corrected chi connectivity index (χ3v) is 4.10. The van der Waals surface area contributed by atoms with Crippen LogP contribution in [0.15, 0.2) is 12.1 Å². The first-order chi connectivity index (χ1) is 6.27. The van der Waals surface area contributed by atoms with Crippen molar-refractivity contribution < 1.29 is 4.74 Å². The summed E-state index contributed by atoms with van der Waals surface area (Å²) in [6.45, 7) is 6.37. The Kier molecular flexibility index (Phi) is 2.70. The molecule has 0 N–H and O–H groups in total. The Balaban J connectivity index is 2.12. The van der Waals surface area contributed by atoms with Crippen molar-refractivity contribution in [3.05, 3.63) is 21.9 Å². The first-order valence-electron chi connectivity index (χ1n) is 4.94. The quantitative estimate of drug-likeness (QED) is 0.704. The highest BCUT2D eigenvalue weighted by molar-refractivity contribution is 7.12. The van der Waals surface area contributed by atoms with Crippen LogP contribution in [0.25, 0.3) is 0 Å². The van der Waals surface area contributed by atoms with Crippen LogP contribution in [0, 0.1) is 0 Å². The van der Waals surface area contributed by atoms with Crippen LogP contribution in [0.2, 0.25) is 0 Å². The Morgan fingerprint density at radius 2 is 2.31 bits per heavy atom. The van der Waals surface area contributed by atoms with Gasteiger partial charge in [0.25, 0.3) is 0 Å². The average molecular weight is 196 g/mol. The average Bonchev–Trinajstić information content (AvgIpc) is 2.75. The van der Waals surface area contributed by atoms with E-state index >= 15 is 0 Å². The summed E-state index contributed by atoms with van der Waals surface area (Å²) < 4.78 is 5.39. The summed E-state index contributed by atoms with van der Waals surface area (Å²) >= 11 is 1.96. The minimum absolute atomic E-state index is 0.668. The molecule has 1 fully saturated rings. The van der Waals surface area contributed by atoms with Crippen molar-refractivity contribution in [1.29, 1.82) is 0 Å². The van der Waals surface area contributed by atoms with E-state index < -0.39 is 0 Å². The van der Waals surface area contributed by atoms with Gasteiger partial charge in [0.1, 0.15) is 0 Å². The molecule has 2 heterocycles. The van der Waals surface area contributed by atoms with Crippen LogP contribution in [0.1, 0.15) is 41.9 Å². The number of ether oxygens (including phenoxy) is 1. The highest BCUT2D eigenvalue weighted by atomic mass is 32.1. The van der Waals surface area contributed by atoms with Crippen LogP contribution < -0.4 is 0 Å². The summed E-state index contributed by atoms with van der Waals surface area (Å²) in [5.41, 5.74) is 0. The fraction of sp³-hybridized carbons (Fsp3) is 0.636. The SMILES string of the molecule is CC(C)c1ccc(C2CCOC2)s1. The van der Waals surface area contributed by atoms with Gasteiger partial charge in [-0.05, 0) is 24.5 Å². The van der Waals surface area contributed by atoms with Crippen LogP contribution in [0.4, 0.5) is 0 Å². The van der Waals surface area contributed by atoms with Gasteiger partial charge in [-0.2, -0.15) is 0 Å². The second-order valence-electron chi connectivity index (χ2n) is 3.96. The molecule has 2 rings (SSSR count). The van der Waals surface area contributed by atoms with Crippen LogP contribution in [0.5, 0.6) is 0 Å². The second-order valence-corrected chi connectivity index (χ2v) is 5.10. The Bertz CT molecular complexity index is 271. The Morgan fingerprint density at radius 1 is 1.46 bits per heavy atom. The maximum atomic E-state index is 5.39. The first kappa shape index (κ1) is 9.22. The van der Waals surface area contributed by atoms with Gasteiger partial charge in [0.05, 0.1) is 6.61 Å². The molecule has 0 aliphatic carbocycles. The van der Waals surface area contributed by atoms with Gasteiger partial charge in [-0.15, -0.1) is 11.3 Å². The van der Waals surface area contributed by atoms with Crippen LogP contribution >= 0.6 is 11.3 Å². The van der Waals surface area contributed by atoms with E-state index in [2.05, 4.69) is 26.0 Å². The highest BCUT2D eigenvalue weighted by Gasteiger charge is 2.19. The molecule has 1 atom stereocenters. The lowest BCUT2D eigenvalue weighted by atomic mass is 10.1. The van der Waals surface area contributed by atoms with Crippen LogP contribution in [-0.2, 0) is 4.74 Å². The minimum atomic E-state index is 0.668. The molecular weight excluding hydrogens is 180 g/mol. The third-order valence-electron chi connectivity index (χ3n) is 2.55. The zero-order valence-electron chi connectivity index (χ0n) is 8.25. The predicted molar refractivity (Wildman–Crippen MR) is 56.6 cm³/mol. The molecule has 72 valence electrons. The lowest BCUT2D eigenvalue weighted by Crippen LogP contribution is -1.92. The lowest BCUT2D eigenvalue weighted by Gasteiger charge is -2.03. The highest BCUT2D eigenvalue weighted by Crippen LogP contribution is 2.33. The van der Waals surface area contributed by atoms with E-state index in [1.807, 2.05) is 11.3 Å². The molecule has 0 bridgehead atoms. The largest absolute Gasteiger partial charge is 0.381 e. The number of hydrogen-bond donors (Lipinski definition) is 0. The van der Waals surface area contributed by atoms with Gasteiger partial charge in [0.15, 0.2) is 0 Å². The second kappa shape index (κ2) is 3.81. The van der Waals surface area contributed by atoms with Crippen molar-refractivity contribution in [1.82, 2.24) is 0 Å². The molecule has 1 nitrogen and oxygen atoms in total. The normalized spacial score (nSPS) is 22.8. The number of rotatable bonds is 2. The molecule has 1 aromatic rings. The molecule has 0 radical (unpaired) electrons. The Hall–Kier alpha value is -0.340. The van der Waals surface area contributed by atoms with Gasteiger partial charge in [-0.25, -0.2) is 0 Å². The van der Waals surface area contributed by atoms with E-state index in [-0.39, 0.29) is 0 Å². The smallest absolute Gasteiger partial charge is 0.0543 e. The molecule has 1 aromatic heterocycles.